The van der Waals surface area contributed by atoms with Crippen LogP contribution in [0.25, 0.3) is 0 Å². The SMILES string of the molecule is Cc1ccc(NC(C)CC2CCC2)cc1Br. The van der Waals surface area contributed by atoms with E-state index >= 15 is 0 Å². The van der Waals surface area contributed by atoms with Crippen LogP contribution in [-0.4, -0.2) is 6.04 Å². The molecule has 0 aliphatic heterocycles. The van der Waals surface area contributed by atoms with E-state index < -0.39 is 0 Å². The predicted octanol–water partition coefficient (Wildman–Crippen LogP) is 4.75. The van der Waals surface area contributed by atoms with Gasteiger partial charge >= 0.3 is 0 Å². The van der Waals surface area contributed by atoms with Gasteiger partial charge in [-0.15, -0.1) is 0 Å². The fourth-order valence-corrected chi connectivity index (χ4v) is 2.63. The molecule has 0 aromatic heterocycles. The lowest BCUT2D eigenvalue weighted by Gasteiger charge is -2.29. The number of anilines is 1. The van der Waals surface area contributed by atoms with Crippen LogP contribution < -0.4 is 5.32 Å². The van der Waals surface area contributed by atoms with Gasteiger partial charge in [-0.3, -0.25) is 0 Å². The molecule has 1 aromatic rings. The second kappa shape index (κ2) is 5.22. The summed E-state index contributed by atoms with van der Waals surface area (Å²) in [6.07, 6.45) is 5.62. The Labute approximate surface area is 107 Å². The zero-order valence-corrected chi connectivity index (χ0v) is 11.7. The molecule has 0 amide bonds. The zero-order valence-electron chi connectivity index (χ0n) is 10.1. The van der Waals surface area contributed by atoms with Crippen molar-refractivity contribution in [3.05, 3.63) is 28.2 Å². The van der Waals surface area contributed by atoms with Gasteiger partial charge in [0, 0.05) is 16.2 Å². The molecule has 1 aliphatic rings. The number of aryl methyl sites for hydroxylation is 1. The quantitative estimate of drug-likeness (QED) is 0.840. The molecule has 1 aliphatic carbocycles. The van der Waals surface area contributed by atoms with E-state index in [1.165, 1.54) is 41.4 Å². The summed E-state index contributed by atoms with van der Waals surface area (Å²) >= 11 is 3.57. The minimum Gasteiger partial charge on any atom is -0.383 e. The van der Waals surface area contributed by atoms with Gasteiger partial charge in [0.2, 0.25) is 0 Å². The van der Waals surface area contributed by atoms with Crippen molar-refractivity contribution in [1.29, 1.82) is 0 Å². The molecule has 2 rings (SSSR count). The van der Waals surface area contributed by atoms with Crippen LogP contribution in [0, 0.1) is 12.8 Å². The number of hydrogen-bond donors (Lipinski definition) is 1. The van der Waals surface area contributed by atoms with Gasteiger partial charge in [-0.05, 0) is 43.9 Å². The lowest BCUT2D eigenvalue weighted by Crippen LogP contribution is -2.23. The molecule has 0 radical (unpaired) electrons. The van der Waals surface area contributed by atoms with Crippen LogP contribution in [0.1, 0.15) is 38.2 Å². The summed E-state index contributed by atoms with van der Waals surface area (Å²) in [5.41, 5.74) is 2.52. The molecule has 1 fully saturated rings. The molecule has 1 saturated carbocycles. The van der Waals surface area contributed by atoms with Crippen molar-refractivity contribution in [2.24, 2.45) is 5.92 Å². The maximum Gasteiger partial charge on any atom is 0.0353 e. The molecule has 1 unspecified atom stereocenters. The molecule has 1 nitrogen and oxygen atoms in total. The van der Waals surface area contributed by atoms with E-state index in [-0.39, 0.29) is 0 Å². The number of nitrogens with one attached hydrogen (secondary N) is 1. The van der Waals surface area contributed by atoms with E-state index in [1.807, 2.05) is 0 Å². The standard InChI is InChI=1S/C14H20BrN/c1-10-6-7-13(9-14(10)15)16-11(2)8-12-4-3-5-12/h6-7,9,11-12,16H,3-5,8H2,1-2H3. The Morgan fingerprint density at radius 3 is 2.75 bits per heavy atom. The van der Waals surface area contributed by atoms with E-state index in [2.05, 4.69) is 53.3 Å². The summed E-state index contributed by atoms with van der Waals surface area (Å²) < 4.78 is 1.19. The Kier molecular flexibility index (Phi) is 3.91. The van der Waals surface area contributed by atoms with Gasteiger partial charge in [0.15, 0.2) is 0 Å². The van der Waals surface area contributed by atoms with Gasteiger partial charge in [-0.25, -0.2) is 0 Å². The number of halogens is 1. The third-order valence-electron chi connectivity index (χ3n) is 3.50. The van der Waals surface area contributed by atoms with Crippen LogP contribution in [0.3, 0.4) is 0 Å². The summed E-state index contributed by atoms with van der Waals surface area (Å²) in [6.45, 7) is 4.40. The van der Waals surface area contributed by atoms with Gasteiger partial charge in [0.1, 0.15) is 0 Å². The highest BCUT2D eigenvalue weighted by Gasteiger charge is 2.19. The molecule has 1 N–H and O–H groups in total. The highest BCUT2D eigenvalue weighted by atomic mass is 79.9. The molecule has 2 heteroatoms. The Balaban J connectivity index is 1.89. The first kappa shape index (κ1) is 12.0. The molecule has 88 valence electrons. The average molecular weight is 282 g/mol. The maximum absolute atomic E-state index is 3.58. The van der Waals surface area contributed by atoms with Crippen molar-refractivity contribution in [1.82, 2.24) is 0 Å². The second-order valence-corrected chi connectivity index (χ2v) is 5.90. The van der Waals surface area contributed by atoms with Gasteiger partial charge < -0.3 is 5.32 Å². The number of benzene rings is 1. The normalized spacial score (nSPS) is 17.9. The van der Waals surface area contributed by atoms with Crippen molar-refractivity contribution >= 4 is 21.6 Å². The average Bonchev–Trinajstić information content (AvgIpc) is 2.18. The van der Waals surface area contributed by atoms with Crippen molar-refractivity contribution in [2.75, 3.05) is 5.32 Å². The molecule has 0 spiro atoms. The topological polar surface area (TPSA) is 12.0 Å². The summed E-state index contributed by atoms with van der Waals surface area (Å²) in [6, 6.07) is 7.08. The number of rotatable bonds is 4. The lowest BCUT2D eigenvalue weighted by molar-refractivity contribution is 0.286. The molecule has 0 heterocycles. The maximum atomic E-state index is 3.58. The van der Waals surface area contributed by atoms with Crippen LogP contribution in [0.4, 0.5) is 5.69 Å². The lowest BCUT2D eigenvalue weighted by atomic mass is 9.81. The second-order valence-electron chi connectivity index (χ2n) is 5.04. The third kappa shape index (κ3) is 3.00. The van der Waals surface area contributed by atoms with Crippen molar-refractivity contribution in [3.63, 3.8) is 0 Å². The molecule has 16 heavy (non-hydrogen) atoms. The van der Waals surface area contributed by atoms with Gasteiger partial charge in [0.05, 0.1) is 0 Å². The minimum absolute atomic E-state index is 0.583. The van der Waals surface area contributed by atoms with Gasteiger partial charge in [-0.2, -0.15) is 0 Å². The first-order valence-electron chi connectivity index (χ1n) is 6.18. The Bertz CT molecular complexity index is 358. The summed E-state index contributed by atoms with van der Waals surface area (Å²) in [5.74, 6) is 0.969. The first-order chi connectivity index (χ1) is 7.65. The smallest absolute Gasteiger partial charge is 0.0353 e. The Hall–Kier alpha value is -0.500. The summed E-state index contributed by atoms with van der Waals surface area (Å²) in [7, 11) is 0. The highest BCUT2D eigenvalue weighted by molar-refractivity contribution is 9.10. The fourth-order valence-electron chi connectivity index (χ4n) is 2.25. The van der Waals surface area contributed by atoms with E-state index in [0.29, 0.717) is 6.04 Å². The summed E-state index contributed by atoms with van der Waals surface area (Å²) in [5, 5.41) is 3.58. The monoisotopic (exact) mass is 281 g/mol. The highest BCUT2D eigenvalue weighted by Crippen LogP contribution is 2.31. The molecule has 0 saturated heterocycles. The van der Waals surface area contributed by atoms with Crippen LogP contribution >= 0.6 is 15.9 Å². The number of hydrogen-bond acceptors (Lipinski definition) is 1. The van der Waals surface area contributed by atoms with Crippen molar-refractivity contribution < 1.29 is 0 Å². The van der Waals surface area contributed by atoms with Crippen LogP contribution in [0.15, 0.2) is 22.7 Å². The Morgan fingerprint density at radius 1 is 1.44 bits per heavy atom. The van der Waals surface area contributed by atoms with Crippen molar-refractivity contribution in [2.45, 2.75) is 45.6 Å². The minimum atomic E-state index is 0.583. The largest absolute Gasteiger partial charge is 0.383 e. The van der Waals surface area contributed by atoms with E-state index in [1.54, 1.807) is 0 Å². The zero-order chi connectivity index (χ0) is 11.5. The molecular weight excluding hydrogens is 262 g/mol. The van der Waals surface area contributed by atoms with Gasteiger partial charge in [-0.1, -0.05) is 41.3 Å². The first-order valence-corrected chi connectivity index (χ1v) is 6.97. The third-order valence-corrected chi connectivity index (χ3v) is 4.35. The molecule has 0 bridgehead atoms. The van der Waals surface area contributed by atoms with Crippen LogP contribution in [-0.2, 0) is 0 Å². The Morgan fingerprint density at radius 2 is 2.19 bits per heavy atom. The fraction of sp³-hybridized carbons (Fsp3) is 0.571. The molecular formula is C14H20BrN. The predicted molar refractivity (Wildman–Crippen MR) is 73.9 cm³/mol. The molecule has 1 atom stereocenters. The van der Waals surface area contributed by atoms with Crippen LogP contribution in [0.2, 0.25) is 0 Å². The van der Waals surface area contributed by atoms with E-state index in [0.717, 1.165) is 5.92 Å². The van der Waals surface area contributed by atoms with E-state index in [9.17, 15) is 0 Å². The van der Waals surface area contributed by atoms with E-state index in [4.69, 9.17) is 0 Å². The molecule has 1 aromatic carbocycles. The summed E-state index contributed by atoms with van der Waals surface area (Å²) in [4.78, 5) is 0. The van der Waals surface area contributed by atoms with Gasteiger partial charge in [0.25, 0.3) is 0 Å². The van der Waals surface area contributed by atoms with Crippen molar-refractivity contribution in [3.8, 4) is 0 Å². The van der Waals surface area contributed by atoms with Crippen LogP contribution in [0.5, 0.6) is 0 Å².